The van der Waals surface area contributed by atoms with E-state index in [2.05, 4.69) is 15.5 Å². The van der Waals surface area contributed by atoms with E-state index in [4.69, 9.17) is 4.74 Å². The molecule has 3 rings (SSSR count). The Morgan fingerprint density at radius 3 is 2.30 bits per heavy atom. The molecule has 2 N–H and O–H groups in total. The summed E-state index contributed by atoms with van der Waals surface area (Å²) >= 11 is 0. The minimum absolute atomic E-state index is 0.0751. The Bertz CT molecular complexity index is 1150. The van der Waals surface area contributed by atoms with E-state index in [0.717, 1.165) is 31.6 Å². The average molecular weight is 512 g/mol. The molecule has 10 heteroatoms. The maximum absolute atomic E-state index is 12.9. The highest BCUT2D eigenvalue weighted by Crippen LogP contribution is 2.12. The number of ether oxygens (including phenoxy) is 1. The maximum Gasteiger partial charge on any atom is 0.410 e. The smallest absolute Gasteiger partial charge is 0.410 e. The zero-order valence-electron chi connectivity index (χ0n) is 22.1. The van der Waals surface area contributed by atoms with Gasteiger partial charge in [-0.2, -0.15) is 0 Å². The molecule has 1 saturated heterocycles. The van der Waals surface area contributed by atoms with Gasteiger partial charge in [0.25, 0.3) is 17.4 Å². The van der Waals surface area contributed by atoms with Gasteiger partial charge in [-0.3, -0.25) is 19.3 Å². The molecule has 1 fully saturated rings. The van der Waals surface area contributed by atoms with Gasteiger partial charge in [0.15, 0.2) is 0 Å². The molecular formula is C27H37N5O5. The van der Waals surface area contributed by atoms with E-state index in [0.29, 0.717) is 19.6 Å². The summed E-state index contributed by atoms with van der Waals surface area (Å²) in [6.07, 6.45) is 1.93. The number of piperazine rings is 1. The van der Waals surface area contributed by atoms with Crippen LogP contribution >= 0.6 is 0 Å². The van der Waals surface area contributed by atoms with E-state index in [1.54, 1.807) is 4.90 Å². The van der Waals surface area contributed by atoms with E-state index in [1.165, 1.54) is 23.9 Å². The van der Waals surface area contributed by atoms with E-state index in [9.17, 15) is 19.2 Å². The lowest BCUT2D eigenvalue weighted by molar-refractivity contribution is 0.0144. The quantitative estimate of drug-likeness (QED) is 0.524. The second kappa shape index (κ2) is 12.5. The Balaban J connectivity index is 1.54. The number of carbonyl (C=O) groups excluding carboxylic acids is 3. The van der Waals surface area contributed by atoms with Gasteiger partial charge in [-0.25, -0.2) is 4.79 Å². The second-order valence-corrected chi connectivity index (χ2v) is 10.1. The molecule has 37 heavy (non-hydrogen) atoms. The molecule has 10 nitrogen and oxygen atoms in total. The monoisotopic (exact) mass is 511 g/mol. The number of amides is 3. The molecule has 0 atom stereocenters. The molecule has 0 unspecified atom stereocenters. The molecule has 1 aromatic heterocycles. The number of aromatic nitrogens is 1. The van der Waals surface area contributed by atoms with Crippen LogP contribution in [-0.4, -0.2) is 84.2 Å². The van der Waals surface area contributed by atoms with Crippen molar-refractivity contribution in [3.63, 3.8) is 0 Å². The first-order valence-corrected chi connectivity index (χ1v) is 12.6. The SMILES string of the molecule is CNC(=O)c1cc(C(=O)NCCCN2CCN(C(=O)OC(C)(C)C)CC2)cn(Cc2ccccc2)c1=O. The van der Waals surface area contributed by atoms with Crippen molar-refractivity contribution in [2.75, 3.05) is 46.3 Å². The zero-order chi connectivity index (χ0) is 27.0. The van der Waals surface area contributed by atoms with Gasteiger partial charge < -0.3 is 24.8 Å². The van der Waals surface area contributed by atoms with Crippen molar-refractivity contribution in [3.8, 4) is 0 Å². The molecule has 0 saturated carbocycles. The van der Waals surface area contributed by atoms with Crippen LogP contribution in [0.1, 0.15) is 53.5 Å². The van der Waals surface area contributed by atoms with E-state index < -0.39 is 17.1 Å². The van der Waals surface area contributed by atoms with E-state index in [-0.39, 0.29) is 29.7 Å². The highest BCUT2D eigenvalue weighted by Gasteiger charge is 2.25. The molecule has 0 bridgehead atoms. The first-order valence-electron chi connectivity index (χ1n) is 12.6. The van der Waals surface area contributed by atoms with E-state index in [1.807, 2.05) is 51.1 Å². The molecule has 2 heterocycles. The van der Waals surface area contributed by atoms with Crippen LogP contribution in [0.5, 0.6) is 0 Å². The Labute approximate surface area is 217 Å². The molecule has 2 aromatic rings. The lowest BCUT2D eigenvalue weighted by atomic mass is 10.1. The first kappa shape index (κ1) is 27.9. The third kappa shape index (κ3) is 8.18. The van der Waals surface area contributed by atoms with Crippen molar-refractivity contribution in [1.29, 1.82) is 0 Å². The van der Waals surface area contributed by atoms with Crippen LogP contribution < -0.4 is 16.2 Å². The van der Waals surface area contributed by atoms with Gasteiger partial charge in [-0.05, 0) is 45.4 Å². The van der Waals surface area contributed by atoms with Gasteiger partial charge in [0.1, 0.15) is 11.2 Å². The maximum atomic E-state index is 12.9. The fourth-order valence-corrected chi connectivity index (χ4v) is 4.04. The minimum atomic E-state index is -0.535. The normalized spacial score (nSPS) is 14.2. The molecule has 1 aliphatic rings. The molecule has 3 amide bonds. The summed E-state index contributed by atoms with van der Waals surface area (Å²) in [5.41, 5.74) is 0.0960. The standard InChI is InChI=1S/C27H37N5O5/c1-27(2,3)37-26(36)31-15-13-30(14-16-31)12-8-11-29-23(33)21-17-22(24(34)28-4)25(35)32(19-21)18-20-9-6-5-7-10-20/h5-7,9-10,17,19H,8,11-16,18H2,1-4H3,(H,28,34)(H,29,33). The summed E-state index contributed by atoms with van der Waals surface area (Å²) in [4.78, 5) is 54.2. The number of pyridine rings is 1. The topological polar surface area (TPSA) is 113 Å². The predicted molar refractivity (Wildman–Crippen MR) is 141 cm³/mol. The highest BCUT2D eigenvalue weighted by molar-refractivity contribution is 5.99. The molecule has 1 aliphatic heterocycles. The van der Waals surface area contributed by atoms with Crippen LogP contribution in [0, 0.1) is 0 Å². The number of nitrogens with zero attached hydrogens (tertiary/aromatic N) is 3. The third-order valence-electron chi connectivity index (χ3n) is 5.98. The molecule has 200 valence electrons. The van der Waals surface area contributed by atoms with Crippen molar-refractivity contribution >= 4 is 17.9 Å². The number of hydrogen-bond donors (Lipinski definition) is 2. The summed E-state index contributed by atoms with van der Waals surface area (Å²) in [5, 5.41) is 5.36. The van der Waals surface area contributed by atoms with Crippen LogP contribution in [0.2, 0.25) is 0 Å². The molecule has 0 spiro atoms. The number of rotatable bonds is 8. The Hall–Kier alpha value is -3.66. The van der Waals surface area contributed by atoms with Gasteiger partial charge in [0, 0.05) is 46.0 Å². The van der Waals surface area contributed by atoms with Crippen LogP contribution in [0.25, 0.3) is 0 Å². The fourth-order valence-electron chi connectivity index (χ4n) is 4.04. The number of hydrogen-bond acceptors (Lipinski definition) is 6. The summed E-state index contributed by atoms with van der Waals surface area (Å²) in [6, 6.07) is 10.7. The van der Waals surface area contributed by atoms with Gasteiger partial charge in [0.05, 0.1) is 12.1 Å². The lowest BCUT2D eigenvalue weighted by Crippen LogP contribution is -2.50. The van der Waals surface area contributed by atoms with Crippen LogP contribution in [-0.2, 0) is 11.3 Å². The van der Waals surface area contributed by atoms with Gasteiger partial charge in [0.2, 0.25) is 0 Å². The minimum Gasteiger partial charge on any atom is -0.444 e. The molecular weight excluding hydrogens is 474 g/mol. The van der Waals surface area contributed by atoms with Crippen molar-refractivity contribution in [2.45, 2.75) is 39.3 Å². The van der Waals surface area contributed by atoms with Crippen LogP contribution in [0.3, 0.4) is 0 Å². The summed E-state index contributed by atoms with van der Waals surface area (Å²) in [6.45, 7) is 9.73. The number of nitrogens with one attached hydrogen (secondary N) is 2. The van der Waals surface area contributed by atoms with Gasteiger partial charge >= 0.3 is 6.09 Å². The molecule has 0 aliphatic carbocycles. The van der Waals surface area contributed by atoms with E-state index >= 15 is 0 Å². The van der Waals surface area contributed by atoms with Crippen molar-refractivity contribution in [1.82, 2.24) is 25.0 Å². The van der Waals surface area contributed by atoms with Gasteiger partial charge in [-0.15, -0.1) is 0 Å². The summed E-state index contributed by atoms with van der Waals surface area (Å²) < 4.78 is 6.82. The third-order valence-corrected chi connectivity index (χ3v) is 5.98. The van der Waals surface area contributed by atoms with Crippen molar-refractivity contribution in [3.05, 3.63) is 69.6 Å². The number of benzene rings is 1. The molecule has 0 radical (unpaired) electrons. The average Bonchev–Trinajstić information content (AvgIpc) is 2.87. The Kier molecular flexibility index (Phi) is 9.46. The fraction of sp³-hybridized carbons (Fsp3) is 0.481. The predicted octanol–water partition coefficient (Wildman–Crippen LogP) is 1.93. The Morgan fingerprint density at radius 2 is 1.68 bits per heavy atom. The largest absolute Gasteiger partial charge is 0.444 e. The summed E-state index contributed by atoms with van der Waals surface area (Å²) in [5.74, 6) is -0.881. The summed E-state index contributed by atoms with van der Waals surface area (Å²) in [7, 11) is 1.45. The molecule has 1 aromatic carbocycles. The van der Waals surface area contributed by atoms with Crippen molar-refractivity contribution < 1.29 is 19.1 Å². The number of carbonyl (C=O) groups is 3. The highest BCUT2D eigenvalue weighted by atomic mass is 16.6. The van der Waals surface area contributed by atoms with Crippen LogP contribution in [0.15, 0.2) is 47.4 Å². The van der Waals surface area contributed by atoms with Gasteiger partial charge in [-0.1, -0.05) is 30.3 Å². The lowest BCUT2D eigenvalue weighted by Gasteiger charge is -2.35. The second-order valence-electron chi connectivity index (χ2n) is 10.1. The van der Waals surface area contributed by atoms with Crippen LogP contribution in [0.4, 0.5) is 4.79 Å². The zero-order valence-corrected chi connectivity index (χ0v) is 22.1. The first-order chi connectivity index (χ1) is 17.6. The Morgan fingerprint density at radius 1 is 1.00 bits per heavy atom. The van der Waals surface area contributed by atoms with Crippen molar-refractivity contribution in [2.24, 2.45) is 0 Å².